The topological polar surface area (TPSA) is 58.7 Å². The molecule has 6 nitrogen and oxygen atoms in total. The van der Waals surface area contributed by atoms with Crippen LogP contribution < -0.4 is 15.6 Å². The molecule has 4 aliphatic rings. The van der Waals surface area contributed by atoms with Crippen molar-refractivity contribution in [1.82, 2.24) is 15.6 Å². The maximum absolute atomic E-state index is 5.31. The molecule has 3 saturated heterocycles. The Morgan fingerprint density at radius 2 is 2.08 bits per heavy atom. The van der Waals surface area contributed by atoms with Gasteiger partial charge >= 0.3 is 0 Å². The second kappa shape index (κ2) is 7.00. The number of hydrogen-bond acceptors (Lipinski definition) is 6. The molecule has 4 bridgehead atoms. The number of anilines is 1. The van der Waals surface area contributed by atoms with Crippen LogP contribution in [0.15, 0.2) is 42.7 Å². The molecule has 4 unspecified atom stereocenters. The zero-order chi connectivity index (χ0) is 17.2. The minimum atomic E-state index is 0.509. The van der Waals surface area contributed by atoms with Crippen LogP contribution in [-0.4, -0.2) is 42.3 Å². The Morgan fingerprint density at radius 3 is 2.72 bits per heavy atom. The van der Waals surface area contributed by atoms with Crippen LogP contribution in [0.2, 0.25) is 0 Å². The lowest BCUT2D eigenvalue weighted by Gasteiger charge is -2.47. The summed E-state index contributed by atoms with van der Waals surface area (Å²) in [4.78, 5) is 9.39. The summed E-state index contributed by atoms with van der Waals surface area (Å²) in [5, 5.41) is 5.39. The lowest BCUT2D eigenvalue weighted by molar-refractivity contribution is -0.0500. The van der Waals surface area contributed by atoms with Crippen molar-refractivity contribution in [3.8, 4) is 16.9 Å². The standard InChI is InChI=1S/C13H14N2O.C6H10N2O/c1-14-13-9-15-8-7-12(13)10-3-5-11(16-2)6-4-10;1-2-6-5-3-4(1)8(5)7-9-6/h3-9,14H,1-2H3;4-7H,1-3H2. The fraction of sp³-hybridized carbons (Fsp3) is 0.421. The van der Waals surface area contributed by atoms with Gasteiger partial charge in [-0.2, -0.15) is 0 Å². The van der Waals surface area contributed by atoms with E-state index in [1.807, 2.05) is 43.6 Å². The van der Waals surface area contributed by atoms with Gasteiger partial charge in [0.25, 0.3) is 0 Å². The SMILES string of the molecule is C1CC2CC3C1ONN23.CNc1cnccc1-c1ccc(OC)cc1. The molecule has 0 spiro atoms. The number of benzene rings is 1. The minimum Gasteiger partial charge on any atom is -0.497 e. The van der Waals surface area contributed by atoms with Gasteiger partial charge in [-0.3, -0.25) is 9.82 Å². The van der Waals surface area contributed by atoms with Crippen LogP contribution in [-0.2, 0) is 4.84 Å². The van der Waals surface area contributed by atoms with E-state index in [2.05, 4.69) is 20.9 Å². The largest absolute Gasteiger partial charge is 0.497 e. The number of aromatic nitrogens is 1. The number of piperidine rings is 1. The maximum atomic E-state index is 5.31. The van der Waals surface area contributed by atoms with Gasteiger partial charge in [0.15, 0.2) is 0 Å². The zero-order valence-electron chi connectivity index (χ0n) is 14.6. The molecule has 3 aliphatic heterocycles. The molecule has 4 atom stereocenters. The summed E-state index contributed by atoms with van der Waals surface area (Å²) in [5.41, 5.74) is 6.26. The molecule has 6 rings (SSSR count). The molecular formula is C19H24N4O2. The van der Waals surface area contributed by atoms with Crippen molar-refractivity contribution in [3.63, 3.8) is 0 Å². The fourth-order valence-corrected chi connectivity index (χ4v) is 3.80. The van der Waals surface area contributed by atoms with Crippen LogP contribution in [0.25, 0.3) is 11.1 Å². The maximum Gasteiger partial charge on any atom is 0.118 e. The first kappa shape index (κ1) is 16.3. The molecule has 1 aromatic carbocycles. The molecule has 1 aliphatic carbocycles. The quantitative estimate of drug-likeness (QED) is 0.896. The smallest absolute Gasteiger partial charge is 0.118 e. The Labute approximate surface area is 148 Å². The first-order chi connectivity index (χ1) is 12.3. The Balaban J connectivity index is 0.000000144. The summed E-state index contributed by atoms with van der Waals surface area (Å²) >= 11 is 0. The highest BCUT2D eigenvalue weighted by molar-refractivity contribution is 5.77. The third kappa shape index (κ3) is 3.08. The highest BCUT2D eigenvalue weighted by Gasteiger charge is 2.52. The number of methoxy groups -OCH3 is 1. The molecule has 0 radical (unpaired) electrons. The average Bonchev–Trinajstić information content (AvgIpc) is 2.90. The number of fused-ring (bicyclic) bond motifs is 1. The third-order valence-electron chi connectivity index (χ3n) is 5.28. The number of nitrogens with one attached hydrogen (secondary N) is 2. The third-order valence-corrected chi connectivity index (χ3v) is 5.28. The summed E-state index contributed by atoms with van der Waals surface area (Å²) < 4.78 is 5.13. The number of hydrogen-bond donors (Lipinski definition) is 2. The van der Waals surface area contributed by atoms with E-state index in [9.17, 15) is 0 Å². The van der Waals surface area contributed by atoms with Crippen LogP contribution in [0.4, 0.5) is 5.69 Å². The predicted molar refractivity (Wildman–Crippen MR) is 97.0 cm³/mol. The Bertz CT molecular complexity index is 703. The number of nitrogens with zero attached hydrogens (tertiary/aromatic N) is 2. The summed E-state index contributed by atoms with van der Waals surface area (Å²) in [5.74, 6) is 0.865. The number of hydrazine groups is 1. The van der Waals surface area contributed by atoms with Gasteiger partial charge in [-0.15, -0.1) is 5.59 Å². The lowest BCUT2D eigenvalue weighted by atomic mass is 9.80. The van der Waals surface area contributed by atoms with Crippen LogP contribution in [0.3, 0.4) is 0 Å². The van der Waals surface area contributed by atoms with Crippen LogP contribution in [0.1, 0.15) is 19.3 Å². The fourth-order valence-electron chi connectivity index (χ4n) is 3.80. The van der Waals surface area contributed by atoms with E-state index in [0.717, 1.165) is 34.6 Å². The van der Waals surface area contributed by atoms with E-state index in [0.29, 0.717) is 6.10 Å². The van der Waals surface area contributed by atoms with Gasteiger partial charge in [0.1, 0.15) is 5.75 Å². The van der Waals surface area contributed by atoms with Crippen molar-refractivity contribution in [2.75, 3.05) is 19.5 Å². The van der Waals surface area contributed by atoms with Crippen LogP contribution in [0, 0.1) is 0 Å². The van der Waals surface area contributed by atoms with Gasteiger partial charge in [0.2, 0.25) is 0 Å². The van der Waals surface area contributed by atoms with Crippen molar-refractivity contribution in [1.29, 1.82) is 0 Å². The van der Waals surface area contributed by atoms with E-state index in [-0.39, 0.29) is 0 Å². The van der Waals surface area contributed by atoms with E-state index in [4.69, 9.17) is 9.57 Å². The molecule has 6 heteroatoms. The molecule has 0 amide bonds. The summed E-state index contributed by atoms with van der Waals surface area (Å²) in [6, 6.07) is 11.5. The lowest BCUT2D eigenvalue weighted by Crippen LogP contribution is -2.61. The normalized spacial score (nSPS) is 28.4. The predicted octanol–water partition coefficient (Wildman–Crippen LogP) is 2.84. The van der Waals surface area contributed by atoms with Crippen LogP contribution in [0.5, 0.6) is 5.75 Å². The van der Waals surface area contributed by atoms with Crippen LogP contribution >= 0.6 is 0 Å². The summed E-state index contributed by atoms with van der Waals surface area (Å²) in [7, 11) is 3.56. The van der Waals surface area contributed by atoms with Gasteiger partial charge in [-0.25, -0.2) is 5.01 Å². The first-order valence-electron chi connectivity index (χ1n) is 8.76. The molecular weight excluding hydrogens is 316 g/mol. The average molecular weight is 340 g/mol. The second-order valence-corrected chi connectivity index (χ2v) is 6.59. The van der Waals surface area contributed by atoms with Gasteiger partial charge < -0.3 is 10.1 Å². The van der Waals surface area contributed by atoms with Crippen molar-refractivity contribution in [2.45, 2.75) is 37.5 Å². The zero-order valence-corrected chi connectivity index (χ0v) is 14.6. The van der Waals surface area contributed by atoms with Crippen molar-refractivity contribution < 1.29 is 9.57 Å². The molecule has 25 heavy (non-hydrogen) atoms. The van der Waals surface area contributed by atoms with Gasteiger partial charge in [-0.1, -0.05) is 12.1 Å². The van der Waals surface area contributed by atoms with Crippen molar-refractivity contribution >= 4 is 5.69 Å². The Kier molecular flexibility index (Phi) is 4.57. The summed E-state index contributed by atoms with van der Waals surface area (Å²) in [6.07, 6.45) is 8.07. The van der Waals surface area contributed by atoms with Gasteiger partial charge in [0, 0.05) is 24.8 Å². The number of ether oxygens (including phenoxy) is 1. The monoisotopic (exact) mass is 340 g/mol. The van der Waals surface area contributed by atoms with E-state index in [1.165, 1.54) is 19.3 Å². The Hall–Kier alpha value is -2.15. The van der Waals surface area contributed by atoms with E-state index >= 15 is 0 Å². The van der Waals surface area contributed by atoms with Gasteiger partial charge in [0.05, 0.1) is 31.1 Å². The van der Waals surface area contributed by atoms with E-state index < -0.39 is 0 Å². The molecule has 132 valence electrons. The molecule has 2 N–H and O–H groups in total. The number of pyridine rings is 1. The number of rotatable bonds is 3. The molecule has 2 aromatic rings. The highest BCUT2D eigenvalue weighted by atomic mass is 16.7. The minimum absolute atomic E-state index is 0.509. The highest BCUT2D eigenvalue weighted by Crippen LogP contribution is 2.41. The molecule has 1 aromatic heterocycles. The Morgan fingerprint density at radius 1 is 1.24 bits per heavy atom. The molecule has 1 saturated carbocycles. The first-order valence-corrected chi connectivity index (χ1v) is 8.76. The summed E-state index contributed by atoms with van der Waals surface area (Å²) in [6.45, 7) is 0. The van der Waals surface area contributed by atoms with Gasteiger partial charge in [-0.05, 0) is 43.0 Å². The second-order valence-electron chi connectivity index (χ2n) is 6.59. The van der Waals surface area contributed by atoms with Crippen molar-refractivity contribution in [2.24, 2.45) is 0 Å². The molecule has 4 heterocycles. The molecule has 4 fully saturated rings. The van der Waals surface area contributed by atoms with Crippen molar-refractivity contribution in [3.05, 3.63) is 42.7 Å². The van der Waals surface area contributed by atoms with E-state index in [1.54, 1.807) is 13.3 Å².